The molecule has 0 saturated heterocycles. The standard InChI is InChI=1S/C41H64N2O8/c1-25(34(48)49)43-31(44)10-9-23-42-35(50)41-21-19-36(2,3)24-27(41)26-11-12-29-38(6)17-16-30(51-33(47)14-13-32(45)46)37(4,5)28(38)15-18-40(29,8)39(26,7)20-22-41/h11,25,27-30H,9-10,12-24H2,1-8H3,(H,42,50)(H,43,44)(H,45,46)(H,48,49)/t25-,27-,28-,29+,30-,38-,39+,40+,41-/m0/s1. The molecule has 0 unspecified atom stereocenters. The number of rotatable bonds is 11. The van der Waals surface area contributed by atoms with Crippen LogP contribution in [0, 0.1) is 50.2 Å². The van der Waals surface area contributed by atoms with Crippen molar-refractivity contribution in [2.75, 3.05) is 6.54 Å². The van der Waals surface area contributed by atoms with E-state index < -0.39 is 29.4 Å². The van der Waals surface area contributed by atoms with Gasteiger partial charge in [-0.1, -0.05) is 60.1 Å². The SMILES string of the molecule is C[C@H](NC(=O)CCCNC(=O)[C@]12CCC(C)(C)C[C@H]1C1=CC[C@@H]3[C@@]4(C)CC[C@H](OC(=O)CCC(=O)O)C(C)(C)[C@@H]4CC[C@@]3(C)[C@]1(C)CC2)C(=O)O. The number of carbonyl (C=O) groups is 5. The number of hydrogen-bond acceptors (Lipinski definition) is 6. The highest BCUT2D eigenvalue weighted by molar-refractivity contribution is 5.85. The monoisotopic (exact) mass is 712 g/mol. The van der Waals surface area contributed by atoms with Crippen LogP contribution in [0.4, 0.5) is 0 Å². The van der Waals surface area contributed by atoms with Crippen LogP contribution in [0.3, 0.4) is 0 Å². The Balaban J connectivity index is 1.36. The first kappa shape index (κ1) is 39.3. The summed E-state index contributed by atoms with van der Waals surface area (Å²) in [5.41, 5.74) is 0.954. The summed E-state index contributed by atoms with van der Waals surface area (Å²) in [6.45, 7) is 18.5. The van der Waals surface area contributed by atoms with Gasteiger partial charge in [-0.05, 0) is 117 Å². The lowest BCUT2D eigenvalue weighted by molar-refractivity contribution is -0.213. The molecule has 5 aliphatic carbocycles. The van der Waals surface area contributed by atoms with Crippen molar-refractivity contribution >= 4 is 29.7 Å². The van der Waals surface area contributed by atoms with Crippen LogP contribution in [0.2, 0.25) is 0 Å². The molecule has 10 heteroatoms. The number of nitrogens with one attached hydrogen (secondary N) is 2. The summed E-state index contributed by atoms with van der Waals surface area (Å²) in [4.78, 5) is 61.4. The molecule has 5 rings (SSSR count). The van der Waals surface area contributed by atoms with Crippen molar-refractivity contribution in [1.29, 1.82) is 0 Å². The van der Waals surface area contributed by atoms with Gasteiger partial charge < -0.3 is 25.6 Å². The summed E-state index contributed by atoms with van der Waals surface area (Å²) in [6.07, 6.45) is 12.1. The Morgan fingerprint density at radius 2 is 1.55 bits per heavy atom. The Bertz CT molecular complexity index is 1450. The normalized spacial score (nSPS) is 38.2. The van der Waals surface area contributed by atoms with E-state index in [1.165, 1.54) is 12.5 Å². The maximum absolute atomic E-state index is 14.3. The van der Waals surface area contributed by atoms with Crippen LogP contribution in [0.5, 0.6) is 0 Å². The van der Waals surface area contributed by atoms with Crippen molar-refractivity contribution in [1.82, 2.24) is 10.6 Å². The van der Waals surface area contributed by atoms with Gasteiger partial charge in [0.15, 0.2) is 0 Å². The van der Waals surface area contributed by atoms with E-state index in [1.807, 2.05) is 0 Å². The highest BCUT2D eigenvalue weighted by Gasteiger charge is 2.69. The predicted molar refractivity (Wildman–Crippen MR) is 193 cm³/mol. The van der Waals surface area contributed by atoms with Crippen LogP contribution in [0.1, 0.15) is 145 Å². The zero-order valence-electron chi connectivity index (χ0n) is 32.4. The lowest BCUT2D eigenvalue weighted by Crippen LogP contribution is -2.65. The molecular formula is C41H64N2O8. The molecule has 0 bridgehead atoms. The zero-order valence-corrected chi connectivity index (χ0v) is 32.4. The van der Waals surface area contributed by atoms with Gasteiger partial charge in [-0.15, -0.1) is 0 Å². The molecule has 4 fully saturated rings. The Hall–Kier alpha value is -2.91. The number of amides is 2. The summed E-state index contributed by atoms with van der Waals surface area (Å²) < 4.78 is 6.01. The van der Waals surface area contributed by atoms with Gasteiger partial charge >= 0.3 is 17.9 Å². The number of hydrogen-bond donors (Lipinski definition) is 4. The molecule has 0 aliphatic heterocycles. The van der Waals surface area contributed by atoms with E-state index in [9.17, 15) is 24.0 Å². The predicted octanol–water partition coefficient (Wildman–Crippen LogP) is 7.05. The second-order valence-corrected chi connectivity index (χ2v) is 19.1. The van der Waals surface area contributed by atoms with E-state index >= 15 is 0 Å². The Morgan fingerprint density at radius 3 is 2.22 bits per heavy atom. The van der Waals surface area contributed by atoms with Gasteiger partial charge in [-0.2, -0.15) is 0 Å². The van der Waals surface area contributed by atoms with Crippen molar-refractivity contribution in [3.63, 3.8) is 0 Å². The molecule has 0 aromatic rings. The molecule has 0 aromatic carbocycles. The number of carboxylic acids is 2. The van der Waals surface area contributed by atoms with Gasteiger partial charge in [0, 0.05) is 18.4 Å². The zero-order chi connectivity index (χ0) is 37.8. The average molecular weight is 713 g/mol. The maximum atomic E-state index is 14.3. The van der Waals surface area contributed by atoms with Crippen LogP contribution in [-0.2, 0) is 28.7 Å². The Morgan fingerprint density at radius 1 is 0.863 bits per heavy atom. The molecule has 2 amide bonds. The topological polar surface area (TPSA) is 159 Å². The summed E-state index contributed by atoms with van der Waals surface area (Å²) in [6, 6.07) is -0.945. The average Bonchev–Trinajstić information content (AvgIpc) is 3.03. The van der Waals surface area contributed by atoms with E-state index in [1.54, 1.807) is 0 Å². The van der Waals surface area contributed by atoms with Crippen LogP contribution in [0.15, 0.2) is 11.6 Å². The third-order valence-electron chi connectivity index (χ3n) is 15.5. The molecule has 0 radical (unpaired) electrons. The molecule has 10 nitrogen and oxygen atoms in total. The minimum absolute atomic E-state index is 0.0467. The molecule has 0 heterocycles. The van der Waals surface area contributed by atoms with E-state index in [2.05, 4.69) is 65.2 Å². The third kappa shape index (κ3) is 6.87. The second-order valence-electron chi connectivity index (χ2n) is 19.1. The molecule has 0 spiro atoms. The van der Waals surface area contributed by atoms with E-state index in [0.29, 0.717) is 24.8 Å². The van der Waals surface area contributed by atoms with Crippen LogP contribution in [-0.4, -0.2) is 58.6 Å². The fourth-order valence-electron chi connectivity index (χ4n) is 12.3. The lowest BCUT2D eigenvalue weighted by atomic mass is 9.33. The van der Waals surface area contributed by atoms with E-state index in [4.69, 9.17) is 14.9 Å². The summed E-state index contributed by atoms with van der Waals surface area (Å²) >= 11 is 0. The molecule has 286 valence electrons. The summed E-state index contributed by atoms with van der Waals surface area (Å²) in [5.74, 6) is -1.73. The van der Waals surface area contributed by atoms with Crippen LogP contribution >= 0.6 is 0 Å². The number of aliphatic carboxylic acids is 2. The van der Waals surface area contributed by atoms with Crippen molar-refractivity contribution in [2.24, 2.45) is 50.2 Å². The van der Waals surface area contributed by atoms with Gasteiger partial charge in [-0.25, -0.2) is 0 Å². The second kappa shape index (κ2) is 13.8. The molecule has 9 atom stereocenters. The lowest BCUT2D eigenvalue weighted by Gasteiger charge is -2.71. The first-order valence-corrected chi connectivity index (χ1v) is 19.6. The van der Waals surface area contributed by atoms with Gasteiger partial charge in [0.25, 0.3) is 0 Å². The molecule has 0 aromatic heterocycles. The first-order chi connectivity index (χ1) is 23.6. The van der Waals surface area contributed by atoms with E-state index in [0.717, 1.165) is 64.2 Å². The van der Waals surface area contributed by atoms with Crippen molar-refractivity contribution in [3.05, 3.63) is 11.6 Å². The Kier molecular flexibility index (Phi) is 10.6. The first-order valence-electron chi connectivity index (χ1n) is 19.6. The highest BCUT2D eigenvalue weighted by Crippen LogP contribution is 2.75. The van der Waals surface area contributed by atoms with Gasteiger partial charge in [0.05, 0.1) is 18.3 Å². The number of ether oxygens (including phenoxy) is 1. The van der Waals surface area contributed by atoms with Crippen LogP contribution < -0.4 is 10.6 Å². The van der Waals surface area contributed by atoms with Gasteiger partial charge in [-0.3, -0.25) is 24.0 Å². The number of esters is 1. The highest BCUT2D eigenvalue weighted by atomic mass is 16.5. The minimum atomic E-state index is -1.07. The number of allylic oxidation sites excluding steroid dienone is 2. The number of carbonyl (C=O) groups excluding carboxylic acids is 3. The van der Waals surface area contributed by atoms with E-state index in [-0.39, 0.29) is 70.2 Å². The number of fused-ring (bicyclic) bond motifs is 7. The van der Waals surface area contributed by atoms with Gasteiger partial charge in [0.2, 0.25) is 11.8 Å². The fourth-order valence-corrected chi connectivity index (χ4v) is 12.3. The third-order valence-corrected chi connectivity index (χ3v) is 15.5. The van der Waals surface area contributed by atoms with Crippen molar-refractivity contribution < 1.29 is 38.9 Å². The molecule has 5 aliphatic rings. The summed E-state index contributed by atoms with van der Waals surface area (Å²) in [7, 11) is 0. The quantitative estimate of drug-likeness (QED) is 0.101. The van der Waals surface area contributed by atoms with Gasteiger partial charge in [0.1, 0.15) is 12.1 Å². The molecule has 51 heavy (non-hydrogen) atoms. The van der Waals surface area contributed by atoms with Crippen molar-refractivity contribution in [2.45, 2.75) is 157 Å². The minimum Gasteiger partial charge on any atom is -0.481 e. The van der Waals surface area contributed by atoms with Crippen LogP contribution in [0.25, 0.3) is 0 Å². The summed E-state index contributed by atoms with van der Waals surface area (Å²) in [5, 5.41) is 23.9. The van der Waals surface area contributed by atoms with Crippen molar-refractivity contribution in [3.8, 4) is 0 Å². The smallest absolute Gasteiger partial charge is 0.325 e. The molecular weight excluding hydrogens is 648 g/mol. The number of carboxylic acid groups (broad SMARTS) is 2. The maximum Gasteiger partial charge on any atom is 0.325 e. The largest absolute Gasteiger partial charge is 0.481 e. The molecule has 4 N–H and O–H groups in total. The fraction of sp³-hybridized carbons (Fsp3) is 0.829. The molecule has 4 saturated carbocycles. The Labute approximate surface area is 304 Å².